The molecule has 150 valence electrons. The molecule has 0 saturated carbocycles. The summed E-state index contributed by atoms with van der Waals surface area (Å²) in [5.74, 6) is 0.348. The van der Waals surface area contributed by atoms with E-state index in [0.29, 0.717) is 5.56 Å². The highest BCUT2D eigenvalue weighted by atomic mass is 16.3. The maximum Gasteiger partial charge on any atom is 0.270 e. The zero-order valence-corrected chi connectivity index (χ0v) is 16.3. The average Bonchev–Trinajstić information content (AvgIpc) is 2.80. The number of rotatable bonds is 5. The number of aromatic amines is 1. The maximum atomic E-state index is 12.3. The molecule has 1 aromatic heterocycles. The molecule has 0 bridgehead atoms. The van der Waals surface area contributed by atoms with Gasteiger partial charge in [-0.05, 0) is 17.2 Å². The summed E-state index contributed by atoms with van der Waals surface area (Å²) >= 11 is 0. The fourth-order valence-electron chi connectivity index (χ4n) is 3.07. The molecule has 4 aromatic rings. The topological polar surface area (TPSA) is 114 Å². The molecule has 4 rings (SSSR count). The number of anilines is 1. The Kier molecular flexibility index (Phi) is 5.54. The van der Waals surface area contributed by atoms with Gasteiger partial charge in [0, 0.05) is 11.1 Å². The van der Waals surface area contributed by atoms with Crippen molar-refractivity contribution in [2.45, 2.75) is 0 Å². The minimum absolute atomic E-state index is 0.0551. The molecule has 0 atom stereocenters. The number of aromatic hydroxyl groups is 1. The van der Waals surface area contributed by atoms with Gasteiger partial charge in [-0.2, -0.15) is 10.4 Å². The molecular weight excluding hydrogens is 390 g/mol. The summed E-state index contributed by atoms with van der Waals surface area (Å²) in [4.78, 5) is 19.1. The molecule has 0 amide bonds. The predicted molar refractivity (Wildman–Crippen MR) is 120 cm³/mol. The summed E-state index contributed by atoms with van der Waals surface area (Å²) in [7, 11) is 0. The number of hydrogen-bond acceptors (Lipinski definition) is 6. The van der Waals surface area contributed by atoms with E-state index in [9.17, 15) is 15.2 Å². The maximum absolute atomic E-state index is 12.3. The molecule has 0 spiro atoms. The Morgan fingerprint density at radius 1 is 0.968 bits per heavy atom. The van der Waals surface area contributed by atoms with Crippen LogP contribution in [0, 0.1) is 11.3 Å². The molecule has 0 aliphatic rings. The van der Waals surface area contributed by atoms with E-state index in [2.05, 4.69) is 20.5 Å². The number of para-hydroxylation sites is 1. The van der Waals surface area contributed by atoms with Crippen LogP contribution in [-0.2, 0) is 0 Å². The Hall–Kier alpha value is -4.70. The molecule has 7 nitrogen and oxygen atoms in total. The highest BCUT2D eigenvalue weighted by Crippen LogP contribution is 2.28. The lowest BCUT2D eigenvalue weighted by molar-refractivity contribution is 0.477. The number of phenols is 1. The third-order valence-corrected chi connectivity index (χ3v) is 4.59. The van der Waals surface area contributed by atoms with Crippen LogP contribution in [0.4, 0.5) is 5.95 Å². The van der Waals surface area contributed by atoms with Crippen LogP contribution in [0.3, 0.4) is 0 Å². The van der Waals surface area contributed by atoms with Gasteiger partial charge in [0.2, 0.25) is 5.95 Å². The van der Waals surface area contributed by atoms with Gasteiger partial charge in [-0.15, -0.1) is 0 Å². The van der Waals surface area contributed by atoms with Crippen molar-refractivity contribution in [2.75, 3.05) is 5.43 Å². The summed E-state index contributed by atoms with van der Waals surface area (Å²) in [6.45, 7) is 0. The second-order valence-corrected chi connectivity index (χ2v) is 6.63. The zero-order valence-electron chi connectivity index (χ0n) is 16.3. The number of hydrazone groups is 1. The average molecular weight is 407 g/mol. The minimum atomic E-state index is -0.541. The van der Waals surface area contributed by atoms with E-state index in [1.54, 1.807) is 30.5 Å². The summed E-state index contributed by atoms with van der Waals surface area (Å²) in [6, 6.07) is 25.5. The van der Waals surface area contributed by atoms with Gasteiger partial charge in [-0.3, -0.25) is 9.78 Å². The van der Waals surface area contributed by atoms with E-state index in [1.807, 2.05) is 60.7 Å². The molecular formula is C24H17N5O2. The highest BCUT2D eigenvalue weighted by molar-refractivity contribution is 5.82. The van der Waals surface area contributed by atoms with Gasteiger partial charge in [-0.1, -0.05) is 72.8 Å². The first-order valence-corrected chi connectivity index (χ1v) is 9.43. The van der Waals surface area contributed by atoms with Gasteiger partial charge in [-0.25, -0.2) is 10.4 Å². The van der Waals surface area contributed by atoms with Gasteiger partial charge in [0.1, 0.15) is 17.4 Å². The van der Waals surface area contributed by atoms with Crippen molar-refractivity contribution in [3.8, 4) is 34.2 Å². The quantitative estimate of drug-likeness (QED) is 0.340. The van der Waals surface area contributed by atoms with Crippen LogP contribution in [-0.4, -0.2) is 21.3 Å². The van der Waals surface area contributed by atoms with E-state index in [4.69, 9.17) is 0 Å². The Labute approximate surface area is 178 Å². The molecule has 0 aliphatic carbocycles. The van der Waals surface area contributed by atoms with Gasteiger partial charge in [0.25, 0.3) is 5.56 Å². The first kappa shape index (κ1) is 19.6. The number of benzene rings is 3. The number of nitriles is 1. The number of nitrogens with one attached hydrogen (secondary N) is 2. The number of hydrogen-bond donors (Lipinski definition) is 3. The van der Waals surface area contributed by atoms with Crippen LogP contribution < -0.4 is 11.0 Å². The van der Waals surface area contributed by atoms with Crippen LogP contribution in [0.25, 0.3) is 22.4 Å². The van der Waals surface area contributed by atoms with Crippen LogP contribution in [0.2, 0.25) is 0 Å². The smallest absolute Gasteiger partial charge is 0.270 e. The number of aromatic nitrogens is 2. The molecule has 1 heterocycles. The van der Waals surface area contributed by atoms with E-state index in [1.165, 1.54) is 0 Å². The normalized spacial score (nSPS) is 10.7. The fraction of sp³-hybridized carbons (Fsp3) is 0. The van der Waals surface area contributed by atoms with E-state index in [0.717, 1.165) is 16.7 Å². The second kappa shape index (κ2) is 8.76. The van der Waals surface area contributed by atoms with E-state index in [-0.39, 0.29) is 23.0 Å². The lowest BCUT2D eigenvalue weighted by Gasteiger charge is -2.06. The largest absolute Gasteiger partial charge is 0.507 e. The summed E-state index contributed by atoms with van der Waals surface area (Å²) in [6.07, 6.45) is 1.58. The fourth-order valence-corrected chi connectivity index (χ4v) is 3.07. The molecule has 3 aromatic carbocycles. The molecule has 0 radical (unpaired) electrons. The van der Waals surface area contributed by atoms with Crippen LogP contribution >= 0.6 is 0 Å². The van der Waals surface area contributed by atoms with Crippen molar-refractivity contribution in [1.29, 1.82) is 5.26 Å². The first-order valence-electron chi connectivity index (χ1n) is 9.43. The first-order chi connectivity index (χ1) is 15.2. The predicted octanol–water partition coefficient (Wildman–Crippen LogP) is 4.13. The van der Waals surface area contributed by atoms with E-state index >= 15 is 0 Å². The van der Waals surface area contributed by atoms with Crippen LogP contribution in [0.15, 0.2) is 88.8 Å². The van der Waals surface area contributed by atoms with Crippen molar-refractivity contribution in [3.63, 3.8) is 0 Å². The standard InChI is InChI=1S/C24H17N5O2/c25-14-20-22(18-6-2-1-3-7-18)27-24(28-23(20)31)29-26-15-16-10-12-17(13-11-16)19-8-4-5-9-21(19)30/h1-13,15,30H,(H2,27,28,29,31). The molecule has 0 unspecified atom stereocenters. The molecule has 31 heavy (non-hydrogen) atoms. The summed E-state index contributed by atoms with van der Waals surface area (Å²) < 4.78 is 0. The lowest BCUT2D eigenvalue weighted by Crippen LogP contribution is -2.16. The molecule has 0 aliphatic heterocycles. The monoisotopic (exact) mass is 407 g/mol. The second-order valence-electron chi connectivity index (χ2n) is 6.63. The molecule has 3 N–H and O–H groups in total. The van der Waals surface area contributed by atoms with Gasteiger partial charge >= 0.3 is 0 Å². The van der Waals surface area contributed by atoms with Crippen LogP contribution in [0.5, 0.6) is 5.75 Å². The van der Waals surface area contributed by atoms with Gasteiger partial charge in [0.05, 0.1) is 11.9 Å². The Balaban J connectivity index is 1.54. The van der Waals surface area contributed by atoms with Gasteiger partial charge in [0.15, 0.2) is 0 Å². The summed E-state index contributed by atoms with van der Waals surface area (Å²) in [5.41, 5.74) is 5.50. The third kappa shape index (κ3) is 4.33. The van der Waals surface area contributed by atoms with Crippen molar-refractivity contribution in [2.24, 2.45) is 5.10 Å². The summed E-state index contributed by atoms with van der Waals surface area (Å²) in [5, 5.41) is 23.4. The SMILES string of the molecule is N#Cc1c(-c2ccccc2)nc(NN=Cc2ccc(-c3ccccc3O)cc2)[nH]c1=O. The van der Waals surface area contributed by atoms with Crippen LogP contribution in [0.1, 0.15) is 11.1 Å². The van der Waals surface area contributed by atoms with Gasteiger partial charge < -0.3 is 5.11 Å². The Bertz CT molecular complexity index is 1340. The van der Waals surface area contributed by atoms with E-state index < -0.39 is 5.56 Å². The Morgan fingerprint density at radius 2 is 1.68 bits per heavy atom. The Morgan fingerprint density at radius 3 is 2.39 bits per heavy atom. The zero-order chi connectivity index (χ0) is 21.6. The van der Waals surface area contributed by atoms with Crippen molar-refractivity contribution in [1.82, 2.24) is 9.97 Å². The number of phenolic OH excluding ortho intramolecular Hbond substituents is 1. The van der Waals surface area contributed by atoms with Crippen molar-refractivity contribution < 1.29 is 5.11 Å². The molecule has 7 heteroatoms. The number of H-pyrrole nitrogens is 1. The lowest BCUT2D eigenvalue weighted by atomic mass is 10.0. The highest BCUT2D eigenvalue weighted by Gasteiger charge is 2.12. The van der Waals surface area contributed by atoms with Crippen molar-refractivity contribution in [3.05, 3.63) is 100 Å². The minimum Gasteiger partial charge on any atom is -0.507 e. The third-order valence-electron chi connectivity index (χ3n) is 4.59. The molecule has 0 fully saturated rings. The van der Waals surface area contributed by atoms with Crippen molar-refractivity contribution >= 4 is 12.2 Å². The number of nitrogens with zero attached hydrogens (tertiary/aromatic N) is 3. The molecule has 0 saturated heterocycles.